The second kappa shape index (κ2) is 13.7. The van der Waals surface area contributed by atoms with E-state index >= 15 is 0 Å². The fourth-order valence-corrected chi connectivity index (χ4v) is 7.03. The van der Waals surface area contributed by atoms with Crippen LogP contribution >= 0.6 is 0 Å². The van der Waals surface area contributed by atoms with E-state index in [0.717, 1.165) is 37.2 Å². The van der Waals surface area contributed by atoms with Crippen LogP contribution in [-0.4, -0.2) is 54.7 Å². The molecule has 3 amide bonds. The van der Waals surface area contributed by atoms with Crippen molar-refractivity contribution in [2.45, 2.75) is 89.3 Å². The van der Waals surface area contributed by atoms with Crippen LogP contribution < -0.4 is 20.3 Å². The van der Waals surface area contributed by atoms with Crippen molar-refractivity contribution in [1.29, 1.82) is 0 Å². The molecule has 1 saturated heterocycles. The molecule has 1 heterocycles. The summed E-state index contributed by atoms with van der Waals surface area (Å²) in [4.78, 5) is 41.3. The third-order valence-corrected chi connectivity index (χ3v) is 9.46. The molecule has 226 valence electrons. The number of benzene rings is 2. The summed E-state index contributed by atoms with van der Waals surface area (Å²) >= 11 is 0. The Morgan fingerprint density at radius 2 is 1.88 bits per heavy atom. The van der Waals surface area contributed by atoms with E-state index in [1.54, 1.807) is 23.1 Å². The first-order valence-electron chi connectivity index (χ1n) is 15.6. The zero-order chi connectivity index (χ0) is 29.6. The van der Waals surface area contributed by atoms with Gasteiger partial charge in [-0.05, 0) is 74.5 Å². The molecule has 0 aromatic heterocycles. The maximum atomic E-state index is 13.7. The number of anilines is 1. The van der Waals surface area contributed by atoms with E-state index in [9.17, 15) is 19.5 Å². The van der Waals surface area contributed by atoms with Gasteiger partial charge in [0, 0.05) is 42.2 Å². The summed E-state index contributed by atoms with van der Waals surface area (Å²) in [6.07, 6.45) is 7.70. The van der Waals surface area contributed by atoms with Gasteiger partial charge in [0.25, 0.3) is 5.91 Å². The molecule has 2 saturated carbocycles. The Kier molecular flexibility index (Phi) is 9.83. The summed E-state index contributed by atoms with van der Waals surface area (Å²) in [5.41, 5.74) is 1.97. The first-order chi connectivity index (χ1) is 20.3. The lowest BCUT2D eigenvalue weighted by Gasteiger charge is -2.28. The minimum atomic E-state index is -0.938. The van der Waals surface area contributed by atoms with Crippen LogP contribution in [0, 0.1) is 17.8 Å². The number of aliphatic hydroxyl groups excluding tert-OH is 1. The SMILES string of the molecule is COc1cc(C(=O)NC(Cc2ccccc2)[C@@H](O)C[C@@H](C)C(=O)NC2CC3CCC2C3)cc(N2CCCCCC2=O)c1. The van der Waals surface area contributed by atoms with Crippen LogP contribution in [-0.2, 0) is 16.0 Å². The molecular formula is C34H45N3O5. The number of ether oxygens (including phenoxy) is 1. The Labute approximate surface area is 249 Å². The van der Waals surface area contributed by atoms with Gasteiger partial charge in [-0.2, -0.15) is 0 Å². The van der Waals surface area contributed by atoms with Crippen molar-refractivity contribution in [1.82, 2.24) is 10.6 Å². The zero-order valence-corrected chi connectivity index (χ0v) is 24.9. The standard InChI is InChI=1S/C34H45N3O5/c1-22(33(40)35-29-18-24-12-13-25(29)16-24)15-31(38)30(17-23-9-5-3-6-10-23)36-34(41)26-19-27(21-28(20-26)42-2)37-14-8-4-7-11-32(37)39/h3,5-6,9-10,19-22,24-25,29-31,38H,4,7-8,11-18H2,1-2H3,(H,35,40)(H,36,41)/t22-,24?,25?,29?,30?,31+/m1/s1. The maximum absolute atomic E-state index is 13.7. The fourth-order valence-electron chi connectivity index (χ4n) is 7.03. The summed E-state index contributed by atoms with van der Waals surface area (Å²) in [6.45, 7) is 2.45. The third kappa shape index (κ3) is 7.33. The molecule has 2 aromatic carbocycles. The van der Waals surface area contributed by atoms with Crippen LogP contribution in [0.1, 0.15) is 80.6 Å². The summed E-state index contributed by atoms with van der Waals surface area (Å²) in [5.74, 6) is 1.06. The van der Waals surface area contributed by atoms with Crippen LogP contribution in [0.4, 0.5) is 5.69 Å². The number of hydrogen-bond acceptors (Lipinski definition) is 5. The van der Waals surface area contributed by atoms with Gasteiger partial charge in [0.15, 0.2) is 0 Å². The maximum Gasteiger partial charge on any atom is 0.251 e. The van der Waals surface area contributed by atoms with E-state index in [1.165, 1.54) is 26.4 Å². The summed E-state index contributed by atoms with van der Waals surface area (Å²) < 4.78 is 5.49. The Morgan fingerprint density at radius 3 is 2.60 bits per heavy atom. The number of rotatable bonds is 11. The monoisotopic (exact) mass is 575 g/mol. The average molecular weight is 576 g/mol. The van der Waals surface area contributed by atoms with Crippen LogP contribution in [0.2, 0.25) is 0 Å². The highest BCUT2D eigenvalue weighted by Gasteiger charge is 2.40. The van der Waals surface area contributed by atoms with Crippen molar-refractivity contribution in [2.24, 2.45) is 17.8 Å². The van der Waals surface area contributed by atoms with Crippen LogP contribution in [0.5, 0.6) is 5.75 Å². The summed E-state index contributed by atoms with van der Waals surface area (Å²) in [7, 11) is 1.54. The number of nitrogens with one attached hydrogen (secondary N) is 2. The van der Waals surface area contributed by atoms with Gasteiger partial charge in [0.05, 0.1) is 19.3 Å². The number of carbonyl (C=O) groups is 3. The van der Waals surface area contributed by atoms with Crippen molar-refractivity contribution in [2.75, 3.05) is 18.6 Å². The van der Waals surface area contributed by atoms with Crippen molar-refractivity contribution < 1.29 is 24.2 Å². The number of amides is 3. The van der Waals surface area contributed by atoms with E-state index in [2.05, 4.69) is 10.6 Å². The van der Waals surface area contributed by atoms with Gasteiger partial charge in [0.1, 0.15) is 5.75 Å². The van der Waals surface area contributed by atoms with E-state index in [0.29, 0.717) is 42.3 Å². The molecule has 3 N–H and O–H groups in total. The average Bonchev–Trinajstić information content (AvgIpc) is 3.55. The van der Waals surface area contributed by atoms with Crippen LogP contribution in [0.25, 0.3) is 0 Å². The van der Waals surface area contributed by atoms with Crippen LogP contribution in [0.15, 0.2) is 48.5 Å². The van der Waals surface area contributed by atoms with Gasteiger partial charge in [-0.25, -0.2) is 0 Å². The zero-order valence-electron chi connectivity index (χ0n) is 24.9. The van der Waals surface area contributed by atoms with E-state index < -0.39 is 18.1 Å². The van der Waals surface area contributed by atoms with E-state index in [4.69, 9.17) is 4.74 Å². The molecule has 2 aromatic rings. The van der Waals surface area contributed by atoms with Crippen molar-refractivity contribution in [3.8, 4) is 5.75 Å². The summed E-state index contributed by atoms with van der Waals surface area (Å²) in [5, 5.41) is 17.7. The molecule has 1 aliphatic heterocycles. The molecule has 8 heteroatoms. The predicted octanol–water partition coefficient (Wildman–Crippen LogP) is 4.64. The number of methoxy groups -OCH3 is 1. The third-order valence-electron chi connectivity index (χ3n) is 9.46. The Morgan fingerprint density at radius 1 is 1.07 bits per heavy atom. The molecular weight excluding hydrogens is 530 g/mol. The molecule has 0 spiro atoms. The van der Waals surface area contributed by atoms with Gasteiger partial charge in [-0.3, -0.25) is 14.4 Å². The second-order valence-electron chi connectivity index (χ2n) is 12.5. The van der Waals surface area contributed by atoms with Gasteiger partial charge in [-0.15, -0.1) is 0 Å². The number of hydrogen-bond donors (Lipinski definition) is 3. The fraction of sp³-hybridized carbons (Fsp3) is 0.559. The number of aliphatic hydroxyl groups is 1. The van der Waals surface area contributed by atoms with E-state index in [-0.39, 0.29) is 30.2 Å². The smallest absolute Gasteiger partial charge is 0.251 e. The first-order valence-corrected chi connectivity index (χ1v) is 15.6. The highest BCUT2D eigenvalue weighted by Crippen LogP contribution is 2.44. The van der Waals surface area contributed by atoms with E-state index in [1.807, 2.05) is 37.3 Å². The quantitative estimate of drug-likeness (QED) is 0.362. The molecule has 8 nitrogen and oxygen atoms in total. The van der Waals surface area contributed by atoms with Gasteiger partial charge >= 0.3 is 0 Å². The molecule has 2 aliphatic carbocycles. The lowest BCUT2D eigenvalue weighted by Crippen LogP contribution is -2.47. The second-order valence-corrected chi connectivity index (χ2v) is 12.5. The van der Waals surface area contributed by atoms with Crippen molar-refractivity contribution in [3.63, 3.8) is 0 Å². The molecule has 6 atom stereocenters. The highest BCUT2D eigenvalue weighted by molar-refractivity contribution is 5.99. The number of fused-ring (bicyclic) bond motifs is 2. The lowest BCUT2D eigenvalue weighted by atomic mass is 9.91. The van der Waals surface area contributed by atoms with Gasteiger partial charge in [0.2, 0.25) is 11.8 Å². The van der Waals surface area contributed by atoms with Crippen LogP contribution in [0.3, 0.4) is 0 Å². The molecule has 2 bridgehead atoms. The Bertz CT molecular complexity index is 1250. The molecule has 3 aliphatic rings. The molecule has 3 fully saturated rings. The summed E-state index contributed by atoms with van der Waals surface area (Å²) in [6, 6.07) is 14.5. The van der Waals surface area contributed by atoms with Gasteiger partial charge in [-0.1, -0.05) is 50.1 Å². The normalized spacial score (nSPS) is 24.0. The molecule has 4 unspecified atom stereocenters. The Hall–Kier alpha value is -3.39. The number of carbonyl (C=O) groups excluding carboxylic acids is 3. The number of nitrogens with zero attached hydrogens (tertiary/aromatic N) is 1. The van der Waals surface area contributed by atoms with Crippen molar-refractivity contribution in [3.05, 3.63) is 59.7 Å². The molecule has 42 heavy (non-hydrogen) atoms. The Balaban J connectivity index is 1.30. The molecule has 0 radical (unpaired) electrons. The largest absolute Gasteiger partial charge is 0.497 e. The lowest BCUT2D eigenvalue weighted by molar-refractivity contribution is -0.126. The minimum Gasteiger partial charge on any atom is -0.497 e. The highest BCUT2D eigenvalue weighted by atomic mass is 16.5. The molecule has 5 rings (SSSR count). The minimum absolute atomic E-state index is 0.0315. The predicted molar refractivity (Wildman–Crippen MR) is 162 cm³/mol. The first kappa shape index (κ1) is 30.1. The van der Waals surface area contributed by atoms with Gasteiger partial charge < -0.3 is 25.4 Å². The topological polar surface area (TPSA) is 108 Å². The van der Waals surface area contributed by atoms with Crippen molar-refractivity contribution >= 4 is 23.4 Å².